The fourth-order valence-electron chi connectivity index (χ4n) is 11.8. The summed E-state index contributed by atoms with van der Waals surface area (Å²) < 4.78 is 0. The summed E-state index contributed by atoms with van der Waals surface area (Å²) in [6.45, 7) is 9.79. The zero-order chi connectivity index (χ0) is 33.8. The van der Waals surface area contributed by atoms with Crippen LogP contribution in [0.5, 0.6) is 0 Å². The predicted octanol–water partition coefficient (Wildman–Crippen LogP) is 13.4. The highest BCUT2D eigenvalue weighted by atomic mass is 32.2. The van der Waals surface area contributed by atoms with Crippen LogP contribution < -0.4 is 4.90 Å². The Balaban J connectivity index is 1.27. The first kappa shape index (κ1) is 31.0. The molecule has 1 spiro atoms. The SMILES string of the molecule is CC1(C)CCC(C)(C)c2cc(N(c3ccccc3)c3ccc(-c4ccccc4)c4c3Sc3ccccc3C43C4CC5CC(C4)CC3C5)ccc21. The quantitative estimate of drug-likeness (QED) is 0.187. The summed E-state index contributed by atoms with van der Waals surface area (Å²) in [5.41, 5.74) is 13.3. The molecule has 4 fully saturated rings. The summed E-state index contributed by atoms with van der Waals surface area (Å²) >= 11 is 2.04. The van der Waals surface area contributed by atoms with Crippen molar-refractivity contribution in [3.8, 4) is 11.1 Å². The van der Waals surface area contributed by atoms with Crippen LogP contribution in [0.25, 0.3) is 11.1 Å². The van der Waals surface area contributed by atoms with E-state index in [0.29, 0.717) is 11.8 Å². The third-order valence-electron chi connectivity index (χ3n) is 14.0. The number of hydrogen-bond donors (Lipinski definition) is 0. The highest BCUT2D eigenvalue weighted by Crippen LogP contribution is 2.71. The van der Waals surface area contributed by atoms with Gasteiger partial charge >= 0.3 is 0 Å². The van der Waals surface area contributed by atoms with Crippen LogP contribution in [-0.2, 0) is 16.2 Å². The molecular weight excluding hydrogens is 623 g/mol. The molecule has 1 aliphatic heterocycles. The van der Waals surface area contributed by atoms with E-state index in [1.807, 2.05) is 11.8 Å². The van der Waals surface area contributed by atoms with Crippen LogP contribution >= 0.6 is 11.8 Å². The molecule has 2 heteroatoms. The highest BCUT2D eigenvalue weighted by Gasteiger charge is 2.61. The van der Waals surface area contributed by atoms with E-state index in [1.54, 1.807) is 11.1 Å². The van der Waals surface area contributed by atoms with Crippen molar-refractivity contribution >= 4 is 28.8 Å². The van der Waals surface area contributed by atoms with Gasteiger partial charge in [-0.25, -0.2) is 0 Å². The van der Waals surface area contributed by atoms with Crippen molar-refractivity contribution < 1.29 is 0 Å². The second-order valence-corrected chi connectivity index (χ2v) is 18.7. The van der Waals surface area contributed by atoms with Gasteiger partial charge in [0, 0.05) is 26.6 Å². The van der Waals surface area contributed by atoms with Crippen molar-refractivity contribution in [3.05, 3.63) is 138 Å². The number of anilines is 3. The summed E-state index contributed by atoms with van der Waals surface area (Å²) in [5.74, 6) is 3.18. The van der Waals surface area contributed by atoms with Gasteiger partial charge in [-0.3, -0.25) is 0 Å². The maximum atomic E-state index is 2.61. The van der Waals surface area contributed by atoms with Crippen molar-refractivity contribution in [1.29, 1.82) is 0 Å². The van der Waals surface area contributed by atoms with Crippen LogP contribution in [0.1, 0.15) is 94.9 Å². The molecule has 0 aromatic heterocycles. The van der Waals surface area contributed by atoms with E-state index in [9.17, 15) is 0 Å². The number of hydrogen-bond acceptors (Lipinski definition) is 2. The average molecular weight is 672 g/mol. The summed E-state index contributed by atoms with van der Waals surface area (Å²) in [6, 6.07) is 44.5. The smallest absolute Gasteiger partial charge is 0.0604 e. The van der Waals surface area contributed by atoms with E-state index < -0.39 is 0 Å². The van der Waals surface area contributed by atoms with Crippen molar-refractivity contribution in [2.45, 2.75) is 98.7 Å². The van der Waals surface area contributed by atoms with E-state index in [4.69, 9.17) is 0 Å². The molecule has 4 bridgehead atoms. The number of benzene rings is 5. The molecule has 50 heavy (non-hydrogen) atoms. The van der Waals surface area contributed by atoms with Crippen LogP contribution in [0.3, 0.4) is 0 Å². The van der Waals surface area contributed by atoms with Gasteiger partial charge in [0.25, 0.3) is 0 Å². The van der Waals surface area contributed by atoms with Gasteiger partial charge in [-0.1, -0.05) is 118 Å². The average Bonchev–Trinajstić information content (AvgIpc) is 3.13. The van der Waals surface area contributed by atoms with Crippen molar-refractivity contribution in [2.75, 3.05) is 4.90 Å². The van der Waals surface area contributed by atoms with Crippen LogP contribution in [0.15, 0.2) is 125 Å². The molecule has 0 radical (unpaired) electrons. The van der Waals surface area contributed by atoms with E-state index in [1.165, 1.54) is 94.1 Å². The molecule has 5 aromatic carbocycles. The monoisotopic (exact) mass is 671 g/mol. The van der Waals surface area contributed by atoms with Gasteiger partial charge in [0.15, 0.2) is 0 Å². The number of fused-ring (bicyclic) bond motifs is 3. The highest BCUT2D eigenvalue weighted by molar-refractivity contribution is 7.99. The summed E-state index contributed by atoms with van der Waals surface area (Å²) in [4.78, 5) is 5.55. The number of rotatable bonds is 4. The molecule has 5 aromatic rings. The van der Waals surface area contributed by atoms with Crippen molar-refractivity contribution in [1.82, 2.24) is 0 Å². The van der Waals surface area contributed by atoms with Gasteiger partial charge in [0.1, 0.15) is 0 Å². The lowest BCUT2D eigenvalue weighted by molar-refractivity contribution is -0.0441. The molecule has 0 amide bonds. The zero-order valence-electron chi connectivity index (χ0n) is 30.1. The van der Waals surface area contributed by atoms with Gasteiger partial charge in [-0.15, -0.1) is 0 Å². The Morgan fingerprint density at radius 1 is 0.560 bits per heavy atom. The standard InChI is InChI=1S/C48H49NS/c1-46(2)23-24-47(3,4)41-30-37(19-21-39(41)46)49(36-15-9-6-10-16-36)42-22-20-38(33-13-7-5-8-14-33)44-45(42)50-43-18-12-11-17-40(43)48(44)34-26-31-25-32(28-34)29-35(48)27-31/h5-22,30-32,34-35H,23-29H2,1-4H3. The summed E-state index contributed by atoms with van der Waals surface area (Å²) in [6.07, 6.45) is 9.41. The molecule has 1 heterocycles. The minimum atomic E-state index is 0.0377. The van der Waals surface area contributed by atoms with Gasteiger partial charge in [-0.05, 0) is 149 Å². The first-order valence-electron chi connectivity index (χ1n) is 19.2. The lowest BCUT2D eigenvalue weighted by Gasteiger charge is -2.63. The second kappa shape index (κ2) is 11.1. The Bertz CT molecular complexity index is 2080. The van der Waals surface area contributed by atoms with Gasteiger partial charge in [0.05, 0.1) is 5.69 Å². The van der Waals surface area contributed by atoms with E-state index in [-0.39, 0.29) is 16.2 Å². The molecule has 4 saturated carbocycles. The van der Waals surface area contributed by atoms with Crippen molar-refractivity contribution in [3.63, 3.8) is 0 Å². The van der Waals surface area contributed by atoms with Gasteiger partial charge in [0.2, 0.25) is 0 Å². The fourth-order valence-corrected chi connectivity index (χ4v) is 13.1. The topological polar surface area (TPSA) is 3.24 Å². The van der Waals surface area contributed by atoms with Crippen LogP contribution in [-0.4, -0.2) is 0 Å². The molecule has 5 aliphatic carbocycles. The molecule has 0 N–H and O–H groups in total. The maximum Gasteiger partial charge on any atom is 0.0604 e. The third kappa shape index (κ3) is 4.46. The first-order chi connectivity index (χ1) is 24.2. The van der Waals surface area contributed by atoms with Crippen molar-refractivity contribution in [2.24, 2.45) is 23.7 Å². The molecule has 1 nitrogen and oxygen atoms in total. The molecule has 252 valence electrons. The fraction of sp³-hybridized carbons (Fsp3) is 0.375. The lowest BCUT2D eigenvalue weighted by atomic mass is 9.41. The Morgan fingerprint density at radius 3 is 1.88 bits per heavy atom. The third-order valence-corrected chi connectivity index (χ3v) is 15.1. The van der Waals surface area contributed by atoms with Gasteiger partial charge in [-0.2, -0.15) is 0 Å². The number of para-hydroxylation sites is 1. The van der Waals surface area contributed by atoms with Crippen LogP contribution in [0.2, 0.25) is 0 Å². The molecule has 0 saturated heterocycles. The zero-order valence-corrected chi connectivity index (χ0v) is 30.9. The lowest BCUT2D eigenvalue weighted by Crippen LogP contribution is -2.57. The Labute approximate surface area is 303 Å². The molecule has 0 unspecified atom stereocenters. The minimum Gasteiger partial charge on any atom is -0.309 e. The van der Waals surface area contributed by atoms with Gasteiger partial charge < -0.3 is 4.90 Å². The molecule has 11 rings (SSSR count). The number of nitrogens with zero attached hydrogens (tertiary/aromatic N) is 1. The second-order valence-electron chi connectivity index (χ2n) is 17.6. The first-order valence-corrected chi connectivity index (χ1v) is 20.1. The molecular formula is C48H49NS. The predicted molar refractivity (Wildman–Crippen MR) is 210 cm³/mol. The molecule has 6 aliphatic rings. The van der Waals surface area contributed by atoms with E-state index >= 15 is 0 Å². The minimum absolute atomic E-state index is 0.0377. The maximum absolute atomic E-state index is 2.61. The van der Waals surface area contributed by atoms with E-state index in [2.05, 4.69) is 148 Å². The largest absolute Gasteiger partial charge is 0.309 e. The van der Waals surface area contributed by atoms with Crippen LogP contribution in [0.4, 0.5) is 17.1 Å². The van der Waals surface area contributed by atoms with E-state index in [0.717, 1.165) is 11.8 Å². The summed E-state index contributed by atoms with van der Waals surface area (Å²) in [7, 11) is 0. The summed E-state index contributed by atoms with van der Waals surface area (Å²) in [5, 5.41) is 0. The normalized spacial score (nSPS) is 27.8. The Hall–Kier alpha value is -3.75. The Kier molecular flexibility index (Phi) is 6.90. The molecule has 0 atom stereocenters. The van der Waals surface area contributed by atoms with Crippen LogP contribution in [0, 0.1) is 23.7 Å². The Morgan fingerprint density at radius 2 is 1.18 bits per heavy atom.